The van der Waals surface area contributed by atoms with Crippen molar-refractivity contribution in [3.63, 3.8) is 0 Å². The molecule has 0 aliphatic heterocycles. The molecule has 3 nitrogen and oxygen atoms in total. The number of hydrogen-bond acceptors (Lipinski definition) is 3. The first-order valence-electron chi connectivity index (χ1n) is 8.53. The summed E-state index contributed by atoms with van der Waals surface area (Å²) in [6.07, 6.45) is -4.45. The first-order valence-corrected chi connectivity index (χ1v) is 8.53. The van der Waals surface area contributed by atoms with Gasteiger partial charge < -0.3 is 10.2 Å². The summed E-state index contributed by atoms with van der Waals surface area (Å²) >= 11 is 0. The zero-order valence-corrected chi connectivity index (χ0v) is 14.7. The summed E-state index contributed by atoms with van der Waals surface area (Å²) < 4.78 is 52.4. The minimum Gasteiger partial charge on any atom is -0.508 e. The lowest BCUT2D eigenvalue weighted by atomic mass is 9.97. The van der Waals surface area contributed by atoms with Gasteiger partial charge in [-0.05, 0) is 65.7 Å². The van der Waals surface area contributed by atoms with E-state index >= 15 is 0 Å². The summed E-state index contributed by atoms with van der Waals surface area (Å²) in [7, 11) is 0. The van der Waals surface area contributed by atoms with E-state index in [1.165, 1.54) is 36.4 Å². The van der Waals surface area contributed by atoms with Gasteiger partial charge in [-0.1, -0.05) is 12.1 Å². The molecule has 0 amide bonds. The molecule has 7 heteroatoms. The summed E-state index contributed by atoms with van der Waals surface area (Å²) in [5.74, 6) is -1.33. The van der Waals surface area contributed by atoms with Crippen LogP contribution in [0.5, 0.6) is 11.5 Å². The van der Waals surface area contributed by atoms with Crippen LogP contribution in [-0.4, -0.2) is 15.2 Å². The molecule has 0 saturated heterocycles. The van der Waals surface area contributed by atoms with Crippen LogP contribution < -0.4 is 0 Å². The average molecular weight is 399 g/mol. The highest BCUT2D eigenvalue weighted by molar-refractivity contribution is 5.97. The topological polar surface area (TPSA) is 53.4 Å². The van der Waals surface area contributed by atoms with E-state index in [0.29, 0.717) is 33.3 Å². The number of aromatic nitrogens is 1. The Kier molecular flexibility index (Phi) is 4.38. The molecule has 0 radical (unpaired) electrons. The van der Waals surface area contributed by atoms with Gasteiger partial charge >= 0.3 is 6.18 Å². The van der Waals surface area contributed by atoms with Gasteiger partial charge in [0.05, 0.1) is 16.8 Å². The van der Waals surface area contributed by atoms with Gasteiger partial charge in [-0.25, -0.2) is 9.37 Å². The normalized spacial score (nSPS) is 11.7. The molecule has 0 atom stereocenters. The molecule has 0 aliphatic carbocycles. The Hall–Kier alpha value is -3.61. The standard InChI is InChI=1S/C22H13F4NO2/c23-18-9-13(3-8-21(18)29)20-11-16(17-10-15(28)6-7-19(17)27-20)12-1-4-14(5-2-12)22(24,25)26/h1-11,28-29H. The van der Waals surface area contributed by atoms with E-state index in [2.05, 4.69) is 4.98 Å². The van der Waals surface area contributed by atoms with Crippen LogP contribution in [-0.2, 0) is 6.18 Å². The second-order valence-electron chi connectivity index (χ2n) is 6.50. The third-order valence-electron chi connectivity index (χ3n) is 4.56. The van der Waals surface area contributed by atoms with E-state index in [9.17, 15) is 27.8 Å². The molecular formula is C22H13F4NO2. The number of phenols is 2. The molecule has 0 spiro atoms. The lowest BCUT2D eigenvalue weighted by Crippen LogP contribution is -2.04. The maximum atomic E-state index is 13.8. The van der Waals surface area contributed by atoms with Crippen LogP contribution in [0.15, 0.2) is 66.7 Å². The fraction of sp³-hybridized carbons (Fsp3) is 0.0455. The van der Waals surface area contributed by atoms with Crippen LogP contribution >= 0.6 is 0 Å². The molecule has 1 aromatic heterocycles. The second-order valence-corrected chi connectivity index (χ2v) is 6.50. The molecule has 3 aromatic carbocycles. The maximum Gasteiger partial charge on any atom is 0.416 e. The molecule has 0 saturated carbocycles. The average Bonchev–Trinajstić information content (AvgIpc) is 2.69. The van der Waals surface area contributed by atoms with Gasteiger partial charge in [0.2, 0.25) is 0 Å². The highest BCUT2D eigenvalue weighted by atomic mass is 19.4. The fourth-order valence-corrected chi connectivity index (χ4v) is 3.11. The van der Waals surface area contributed by atoms with Crippen molar-refractivity contribution in [1.29, 1.82) is 0 Å². The molecule has 2 N–H and O–H groups in total. The van der Waals surface area contributed by atoms with Crippen LogP contribution in [0.3, 0.4) is 0 Å². The zero-order chi connectivity index (χ0) is 20.8. The zero-order valence-electron chi connectivity index (χ0n) is 14.7. The van der Waals surface area contributed by atoms with Crippen LogP contribution in [0.1, 0.15) is 5.56 Å². The van der Waals surface area contributed by atoms with Crippen LogP contribution in [0, 0.1) is 5.82 Å². The molecule has 146 valence electrons. The fourth-order valence-electron chi connectivity index (χ4n) is 3.11. The summed E-state index contributed by atoms with van der Waals surface area (Å²) in [4.78, 5) is 4.46. The minimum atomic E-state index is -4.45. The Labute approximate surface area is 162 Å². The van der Waals surface area contributed by atoms with Gasteiger partial charge in [-0.15, -0.1) is 0 Å². The van der Waals surface area contributed by atoms with E-state index in [1.807, 2.05) is 0 Å². The largest absolute Gasteiger partial charge is 0.508 e. The quantitative estimate of drug-likeness (QED) is 0.398. The van der Waals surface area contributed by atoms with Crippen LogP contribution in [0.25, 0.3) is 33.3 Å². The highest BCUT2D eigenvalue weighted by Gasteiger charge is 2.30. The van der Waals surface area contributed by atoms with E-state index in [1.54, 1.807) is 12.1 Å². The molecule has 4 aromatic rings. The van der Waals surface area contributed by atoms with Crippen LogP contribution in [0.4, 0.5) is 17.6 Å². The number of halogens is 4. The summed E-state index contributed by atoms with van der Waals surface area (Å²) in [6.45, 7) is 0. The smallest absolute Gasteiger partial charge is 0.416 e. The number of benzene rings is 3. The molecule has 29 heavy (non-hydrogen) atoms. The Morgan fingerprint density at radius 2 is 1.45 bits per heavy atom. The molecule has 1 heterocycles. The number of nitrogens with zero attached hydrogens (tertiary/aromatic N) is 1. The van der Waals surface area contributed by atoms with Crippen molar-refractivity contribution in [2.75, 3.05) is 0 Å². The first kappa shape index (κ1) is 18.7. The number of fused-ring (bicyclic) bond motifs is 1. The van der Waals surface area contributed by atoms with Crippen molar-refractivity contribution >= 4 is 10.9 Å². The van der Waals surface area contributed by atoms with Crippen molar-refractivity contribution in [1.82, 2.24) is 4.98 Å². The Bertz CT molecular complexity index is 1220. The third-order valence-corrected chi connectivity index (χ3v) is 4.56. The monoisotopic (exact) mass is 399 g/mol. The van der Waals surface area contributed by atoms with Gasteiger partial charge in [0.15, 0.2) is 11.6 Å². The highest BCUT2D eigenvalue weighted by Crippen LogP contribution is 2.36. The molecule has 4 rings (SSSR count). The Morgan fingerprint density at radius 3 is 2.10 bits per heavy atom. The second kappa shape index (κ2) is 6.77. The van der Waals surface area contributed by atoms with Gasteiger partial charge in [-0.2, -0.15) is 13.2 Å². The lowest BCUT2D eigenvalue weighted by molar-refractivity contribution is -0.137. The Balaban J connectivity index is 1.93. The molecule has 0 fully saturated rings. The number of phenolic OH excluding ortho intramolecular Hbond substituents is 2. The van der Waals surface area contributed by atoms with E-state index in [-0.39, 0.29) is 5.75 Å². The minimum absolute atomic E-state index is 0.0177. The number of rotatable bonds is 2. The molecule has 0 unspecified atom stereocenters. The third kappa shape index (κ3) is 3.59. The SMILES string of the molecule is Oc1ccc2nc(-c3ccc(O)c(F)c3)cc(-c3ccc(C(F)(F)F)cc3)c2c1. The van der Waals surface area contributed by atoms with Crippen LogP contribution in [0.2, 0.25) is 0 Å². The predicted molar refractivity (Wildman–Crippen MR) is 101 cm³/mol. The number of aromatic hydroxyl groups is 2. The first-order chi connectivity index (χ1) is 13.7. The summed E-state index contributed by atoms with van der Waals surface area (Å²) in [6, 6.07) is 14.5. The number of hydrogen-bond donors (Lipinski definition) is 2. The number of alkyl halides is 3. The predicted octanol–water partition coefficient (Wildman–Crippen LogP) is 6.14. The van der Waals surface area contributed by atoms with Gasteiger partial charge in [-0.3, -0.25) is 0 Å². The molecular weight excluding hydrogens is 386 g/mol. The summed E-state index contributed by atoms with van der Waals surface area (Å²) in [5.41, 5.74) is 1.48. The van der Waals surface area contributed by atoms with Crippen molar-refractivity contribution in [2.24, 2.45) is 0 Å². The van der Waals surface area contributed by atoms with Gasteiger partial charge in [0.1, 0.15) is 5.75 Å². The van der Waals surface area contributed by atoms with E-state index < -0.39 is 23.3 Å². The van der Waals surface area contributed by atoms with Gasteiger partial charge in [0, 0.05) is 10.9 Å². The van der Waals surface area contributed by atoms with Gasteiger partial charge in [0.25, 0.3) is 0 Å². The van der Waals surface area contributed by atoms with Crippen molar-refractivity contribution in [3.8, 4) is 33.9 Å². The van der Waals surface area contributed by atoms with E-state index in [0.717, 1.165) is 18.2 Å². The van der Waals surface area contributed by atoms with Crippen molar-refractivity contribution < 1.29 is 27.8 Å². The van der Waals surface area contributed by atoms with E-state index in [4.69, 9.17) is 0 Å². The van der Waals surface area contributed by atoms with Crippen molar-refractivity contribution in [3.05, 3.63) is 78.1 Å². The van der Waals surface area contributed by atoms with Crippen molar-refractivity contribution in [2.45, 2.75) is 6.18 Å². The Morgan fingerprint density at radius 1 is 0.759 bits per heavy atom. The lowest BCUT2D eigenvalue weighted by Gasteiger charge is -2.12. The molecule has 0 aliphatic rings. The molecule has 0 bridgehead atoms. The number of pyridine rings is 1. The maximum absolute atomic E-state index is 13.8. The summed E-state index contributed by atoms with van der Waals surface area (Å²) in [5, 5.41) is 19.8.